The Bertz CT molecular complexity index is 342. The zero-order valence-electron chi connectivity index (χ0n) is 9.19. The summed E-state index contributed by atoms with van der Waals surface area (Å²) in [5.74, 6) is 0. The first kappa shape index (κ1) is 9.26. The molecular weight excluding hydrogens is 176 g/mol. The molecule has 1 aliphatic rings. The van der Waals surface area contributed by atoms with Gasteiger partial charge in [-0.1, -0.05) is 27.7 Å². The van der Waals surface area contributed by atoms with Crippen molar-refractivity contribution in [3.8, 4) is 0 Å². The molecule has 0 atom stereocenters. The summed E-state index contributed by atoms with van der Waals surface area (Å²) in [6.07, 6.45) is 1.26. The number of fused-ring (bicyclic) bond motifs is 1. The molecule has 0 bridgehead atoms. The van der Waals surface area contributed by atoms with E-state index in [2.05, 4.69) is 40.7 Å². The molecule has 13 heavy (non-hydrogen) atoms. The van der Waals surface area contributed by atoms with Crippen molar-refractivity contribution in [1.29, 1.82) is 0 Å². The first-order valence-electron chi connectivity index (χ1n) is 4.94. The van der Waals surface area contributed by atoms with Crippen molar-refractivity contribution >= 4 is 11.3 Å². The average Bonchev–Trinajstić information content (AvgIpc) is 2.35. The van der Waals surface area contributed by atoms with Gasteiger partial charge in [0.25, 0.3) is 0 Å². The smallest absolute Gasteiger partial charge is 0.00913 e. The highest BCUT2D eigenvalue weighted by atomic mass is 32.1. The molecule has 0 fully saturated rings. The van der Waals surface area contributed by atoms with E-state index in [1.54, 1.807) is 10.4 Å². The summed E-state index contributed by atoms with van der Waals surface area (Å²) in [5.41, 5.74) is 2.38. The zero-order chi connectivity index (χ0) is 9.85. The summed E-state index contributed by atoms with van der Waals surface area (Å²) < 4.78 is 0. The van der Waals surface area contributed by atoms with Gasteiger partial charge in [-0.25, -0.2) is 0 Å². The van der Waals surface area contributed by atoms with Crippen LogP contribution >= 0.6 is 11.3 Å². The molecule has 0 saturated carbocycles. The predicted molar refractivity (Wildman–Crippen MR) is 59.6 cm³/mol. The molecule has 0 N–H and O–H groups in total. The quantitative estimate of drug-likeness (QED) is 0.587. The van der Waals surface area contributed by atoms with E-state index in [9.17, 15) is 0 Å². The zero-order valence-corrected chi connectivity index (χ0v) is 10.0. The second kappa shape index (κ2) is 2.38. The molecule has 2 rings (SSSR count). The molecule has 0 saturated heterocycles. The van der Waals surface area contributed by atoms with Crippen molar-refractivity contribution in [3.63, 3.8) is 0 Å². The number of rotatable bonds is 0. The Labute approximate surface area is 85.0 Å². The highest BCUT2D eigenvalue weighted by Gasteiger charge is 2.46. The Hall–Kier alpha value is -0.300. The Morgan fingerprint density at radius 2 is 1.85 bits per heavy atom. The van der Waals surface area contributed by atoms with E-state index in [4.69, 9.17) is 0 Å². The fourth-order valence-electron chi connectivity index (χ4n) is 2.21. The van der Waals surface area contributed by atoms with Gasteiger partial charge >= 0.3 is 0 Å². The van der Waals surface area contributed by atoms with Crippen LogP contribution in [0.5, 0.6) is 0 Å². The third-order valence-corrected chi connectivity index (χ3v) is 4.95. The van der Waals surface area contributed by atoms with E-state index in [0.29, 0.717) is 10.8 Å². The Morgan fingerprint density at radius 1 is 1.23 bits per heavy atom. The van der Waals surface area contributed by atoms with Gasteiger partial charge in [-0.3, -0.25) is 0 Å². The SMILES string of the molecule is Cc1cc2c(s1)CC(C)(C)C2(C)C. The molecule has 1 aromatic rings. The monoisotopic (exact) mass is 194 g/mol. The average molecular weight is 194 g/mol. The van der Waals surface area contributed by atoms with Crippen LogP contribution in [0.2, 0.25) is 0 Å². The molecule has 0 unspecified atom stereocenters. The maximum atomic E-state index is 2.38. The fourth-order valence-corrected chi connectivity index (χ4v) is 3.63. The minimum atomic E-state index is 0.354. The van der Waals surface area contributed by atoms with Crippen LogP contribution in [0.4, 0.5) is 0 Å². The van der Waals surface area contributed by atoms with Gasteiger partial charge in [0, 0.05) is 9.75 Å². The van der Waals surface area contributed by atoms with E-state index in [1.807, 2.05) is 11.3 Å². The topological polar surface area (TPSA) is 0 Å². The van der Waals surface area contributed by atoms with Gasteiger partial charge < -0.3 is 0 Å². The number of hydrogen-bond donors (Lipinski definition) is 0. The van der Waals surface area contributed by atoms with E-state index in [0.717, 1.165) is 0 Å². The molecule has 0 amide bonds. The normalized spacial score (nSPS) is 23.2. The lowest BCUT2D eigenvalue weighted by Crippen LogP contribution is -2.32. The van der Waals surface area contributed by atoms with Gasteiger partial charge in [-0.15, -0.1) is 11.3 Å². The molecule has 0 spiro atoms. The van der Waals surface area contributed by atoms with Crippen molar-refractivity contribution in [2.24, 2.45) is 5.41 Å². The van der Waals surface area contributed by atoms with E-state index >= 15 is 0 Å². The van der Waals surface area contributed by atoms with Crippen molar-refractivity contribution in [3.05, 3.63) is 21.4 Å². The van der Waals surface area contributed by atoms with Crippen molar-refractivity contribution < 1.29 is 0 Å². The number of hydrogen-bond acceptors (Lipinski definition) is 1. The number of thiophene rings is 1. The van der Waals surface area contributed by atoms with Crippen LogP contribution in [-0.4, -0.2) is 0 Å². The molecule has 0 aromatic carbocycles. The minimum Gasteiger partial charge on any atom is -0.145 e. The molecule has 0 radical (unpaired) electrons. The first-order chi connectivity index (χ1) is 5.84. The van der Waals surface area contributed by atoms with Gasteiger partial charge in [0.1, 0.15) is 0 Å². The highest BCUT2D eigenvalue weighted by molar-refractivity contribution is 7.12. The summed E-state index contributed by atoms with van der Waals surface area (Å²) in [6, 6.07) is 2.38. The second-order valence-corrected chi connectivity index (χ2v) is 6.72. The van der Waals surface area contributed by atoms with Crippen LogP contribution in [0, 0.1) is 12.3 Å². The number of aryl methyl sites for hydroxylation is 1. The third kappa shape index (κ3) is 1.10. The lowest BCUT2D eigenvalue weighted by atomic mass is 9.69. The standard InChI is InChI=1S/C12H18S/c1-8-6-9-10(13-8)7-11(2,3)12(9,4)5/h6H,7H2,1-5H3. The molecule has 72 valence electrons. The van der Waals surface area contributed by atoms with Crippen molar-refractivity contribution in [2.45, 2.75) is 46.5 Å². The van der Waals surface area contributed by atoms with E-state index in [-0.39, 0.29) is 0 Å². The summed E-state index contributed by atoms with van der Waals surface area (Å²) in [6.45, 7) is 11.7. The second-order valence-electron chi connectivity index (χ2n) is 5.38. The highest BCUT2D eigenvalue weighted by Crippen LogP contribution is 2.53. The summed E-state index contributed by atoms with van der Waals surface area (Å²) in [7, 11) is 0. The molecule has 1 aliphatic carbocycles. The van der Waals surface area contributed by atoms with Crippen LogP contribution in [-0.2, 0) is 11.8 Å². The van der Waals surface area contributed by atoms with Crippen LogP contribution in [0.1, 0.15) is 43.0 Å². The summed E-state index contributed by atoms with van der Waals surface area (Å²) in [4.78, 5) is 3.08. The Kier molecular flexibility index (Phi) is 1.70. The van der Waals surface area contributed by atoms with Gasteiger partial charge in [-0.05, 0) is 35.8 Å². The molecule has 0 nitrogen and oxygen atoms in total. The first-order valence-corrected chi connectivity index (χ1v) is 5.76. The maximum Gasteiger partial charge on any atom is 0.00913 e. The van der Waals surface area contributed by atoms with Crippen molar-refractivity contribution in [1.82, 2.24) is 0 Å². The molecule has 1 heterocycles. The van der Waals surface area contributed by atoms with Gasteiger partial charge in [0.15, 0.2) is 0 Å². The molecule has 1 aromatic heterocycles. The van der Waals surface area contributed by atoms with Crippen molar-refractivity contribution in [2.75, 3.05) is 0 Å². The van der Waals surface area contributed by atoms with Crippen LogP contribution < -0.4 is 0 Å². The molecular formula is C12H18S. The predicted octanol–water partition coefficient (Wildman–Crippen LogP) is 3.92. The molecule has 1 heteroatoms. The summed E-state index contributed by atoms with van der Waals surface area (Å²) >= 11 is 1.98. The van der Waals surface area contributed by atoms with Gasteiger partial charge in [0.2, 0.25) is 0 Å². The lowest BCUT2D eigenvalue weighted by Gasteiger charge is -2.35. The van der Waals surface area contributed by atoms with Crippen LogP contribution in [0.15, 0.2) is 6.07 Å². The van der Waals surface area contributed by atoms with Crippen LogP contribution in [0.25, 0.3) is 0 Å². The maximum absolute atomic E-state index is 2.38. The largest absolute Gasteiger partial charge is 0.145 e. The Morgan fingerprint density at radius 3 is 2.38 bits per heavy atom. The van der Waals surface area contributed by atoms with E-state index in [1.165, 1.54) is 11.3 Å². The minimum absolute atomic E-state index is 0.354. The van der Waals surface area contributed by atoms with Gasteiger partial charge in [-0.2, -0.15) is 0 Å². The van der Waals surface area contributed by atoms with Gasteiger partial charge in [0.05, 0.1) is 0 Å². The third-order valence-electron chi connectivity index (χ3n) is 3.90. The van der Waals surface area contributed by atoms with E-state index < -0.39 is 0 Å². The fraction of sp³-hybridized carbons (Fsp3) is 0.667. The lowest BCUT2D eigenvalue weighted by molar-refractivity contribution is 0.225. The Balaban J connectivity index is 2.57. The summed E-state index contributed by atoms with van der Waals surface area (Å²) in [5, 5.41) is 0. The van der Waals surface area contributed by atoms with Crippen LogP contribution in [0.3, 0.4) is 0 Å². The molecule has 0 aliphatic heterocycles.